The molecule has 0 saturated carbocycles. The van der Waals surface area contributed by atoms with E-state index in [9.17, 15) is 4.79 Å². The van der Waals surface area contributed by atoms with Crippen molar-refractivity contribution in [2.24, 2.45) is 5.92 Å². The summed E-state index contributed by atoms with van der Waals surface area (Å²) in [7, 11) is 0. The molecule has 3 heteroatoms. The molecular weight excluding hydrogens is 224 g/mol. The van der Waals surface area contributed by atoms with E-state index in [-0.39, 0.29) is 11.7 Å². The van der Waals surface area contributed by atoms with Gasteiger partial charge in [-0.25, -0.2) is 0 Å². The molecule has 1 nitrogen and oxygen atoms in total. The highest BCUT2D eigenvalue weighted by Gasteiger charge is 2.29. The highest BCUT2D eigenvalue weighted by atomic mass is 32.2. The van der Waals surface area contributed by atoms with Crippen LogP contribution in [0.25, 0.3) is 0 Å². The summed E-state index contributed by atoms with van der Waals surface area (Å²) < 4.78 is 0.828. The fourth-order valence-corrected chi connectivity index (χ4v) is 2.70. The largest absolute Gasteiger partial charge is 0.293 e. The van der Waals surface area contributed by atoms with Crippen molar-refractivity contribution >= 4 is 34.0 Å². The number of ketones is 1. The number of rotatable bonds is 1. The van der Waals surface area contributed by atoms with Crippen LogP contribution < -0.4 is 0 Å². The first kappa shape index (κ1) is 10.8. The van der Waals surface area contributed by atoms with Crippen molar-refractivity contribution < 1.29 is 4.79 Å². The van der Waals surface area contributed by atoms with Crippen molar-refractivity contribution in [3.63, 3.8) is 0 Å². The highest BCUT2D eigenvalue weighted by Crippen LogP contribution is 2.28. The number of carbonyl (C=O) groups is 1. The van der Waals surface area contributed by atoms with Crippen LogP contribution in [-0.2, 0) is 6.42 Å². The lowest BCUT2D eigenvalue weighted by Gasteiger charge is -2.22. The maximum Gasteiger partial charge on any atom is 0.171 e. The molecule has 0 aromatic heterocycles. The van der Waals surface area contributed by atoms with E-state index in [2.05, 4.69) is 0 Å². The van der Waals surface area contributed by atoms with Gasteiger partial charge in [-0.3, -0.25) is 4.79 Å². The van der Waals surface area contributed by atoms with Gasteiger partial charge in [-0.05, 0) is 24.7 Å². The van der Waals surface area contributed by atoms with E-state index in [4.69, 9.17) is 12.2 Å². The summed E-state index contributed by atoms with van der Waals surface area (Å²) in [4.78, 5) is 12.1. The van der Waals surface area contributed by atoms with Crippen LogP contribution in [0.5, 0.6) is 0 Å². The molecule has 1 atom stereocenters. The Bertz CT molecular complexity index is 412. The molecule has 78 valence electrons. The van der Waals surface area contributed by atoms with Crippen LogP contribution in [0.4, 0.5) is 0 Å². The number of thiocarbonyl (C=S) groups is 1. The van der Waals surface area contributed by atoms with Crippen LogP contribution in [0.3, 0.4) is 0 Å². The lowest BCUT2D eigenvalue weighted by molar-refractivity contribution is 0.0943. The fraction of sp³-hybridized carbons (Fsp3) is 0.333. The number of benzene rings is 1. The van der Waals surface area contributed by atoms with Crippen LogP contribution in [0, 0.1) is 5.92 Å². The molecule has 15 heavy (non-hydrogen) atoms. The quantitative estimate of drug-likeness (QED) is 0.697. The van der Waals surface area contributed by atoms with Crippen LogP contribution in [0.2, 0.25) is 0 Å². The third-order valence-electron chi connectivity index (χ3n) is 2.79. The molecule has 0 heterocycles. The van der Waals surface area contributed by atoms with Gasteiger partial charge in [-0.2, -0.15) is 0 Å². The summed E-state index contributed by atoms with van der Waals surface area (Å²) in [6.07, 6.45) is 3.78. The molecule has 1 aliphatic carbocycles. The number of fused-ring (bicyclic) bond motifs is 1. The van der Waals surface area contributed by atoms with Gasteiger partial charge < -0.3 is 0 Å². The van der Waals surface area contributed by atoms with Crippen LogP contribution in [0.15, 0.2) is 24.3 Å². The number of carbonyl (C=O) groups excluding carboxylic acids is 1. The molecule has 1 aliphatic rings. The Morgan fingerprint density at radius 2 is 2.20 bits per heavy atom. The minimum Gasteiger partial charge on any atom is -0.293 e. The fourth-order valence-electron chi connectivity index (χ4n) is 1.96. The second-order valence-corrected chi connectivity index (χ2v) is 5.18. The third kappa shape index (κ3) is 1.99. The normalized spacial score (nSPS) is 19.8. The van der Waals surface area contributed by atoms with Crippen molar-refractivity contribution in [1.82, 2.24) is 0 Å². The predicted octanol–water partition coefficient (Wildman–Crippen LogP) is 3.12. The predicted molar refractivity (Wildman–Crippen MR) is 68.7 cm³/mol. The maximum atomic E-state index is 12.1. The number of hydrogen-bond donors (Lipinski definition) is 0. The van der Waals surface area contributed by atoms with Crippen molar-refractivity contribution in [2.45, 2.75) is 12.8 Å². The van der Waals surface area contributed by atoms with Crippen LogP contribution in [0.1, 0.15) is 22.3 Å². The lowest BCUT2D eigenvalue weighted by Crippen LogP contribution is -2.26. The van der Waals surface area contributed by atoms with E-state index in [0.29, 0.717) is 0 Å². The molecule has 0 spiro atoms. The molecule has 1 aromatic carbocycles. The van der Waals surface area contributed by atoms with Crippen molar-refractivity contribution in [1.29, 1.82) is 0 Å². The zero-order chi connectivity index (χ0) is 10.8. The first-order valence-electron chi connectivity index (χ1n) is 4.94. The molecule has 0 amide bonds. The number of Topliss-reactive ketones (excluding diaryl/α,β-unsaturated/α-hetero) is 1. The van der Waals surface area contributed by atoms with E-state index >= 15 is 0 Å². The first-order chi connectivity index (χ1) is 7.24. The van der Waals surface area contributed by atoms with Crippen molar-refractivity contribution in [3.05, 3.63) is 35.4 Å². The average molecular weight is 236 g/mol. The maximum absolute atomic E-state index is 12.1. The average Bonchev–Trinajstić information content (AvgIpc) is 2.29. The first-order valence-corrected chi connectivity index (χ1v) is 6.57. The molecule has 2 rings (SSSR count). The van der Waals surface area contributed by atoms with E-state index in [1.165, 1.54) is 17.3 Å². The molecule has 0 saturated heterocycles. The van der Waals surface area contributed by atoms with Gasteiger partial charge in [0.25, 0.3) is 0 Å². The second-order valence-electron chi connectivity index (χ2n) is 3.64. The lowest BCUT2D eigenvalue weighted by atomic mass is 9.84. The number of thioether (sulfide) groups is 1. The Labute approximate surface area is 99.3 Å². The third-order valence-corrected chi connectivity index (χ3v) is 4.26. The minimum atomic E-state index is -0.0510. The summed E-state index contributed by atoms with van der Waals surface area (Å²) in [5.74, 6) is 0.154. The second kappa shape index (κ2) is 4.45. The summed E-state index contributed by atoms with van der Waals surface area (Å²) >= 11 is 6.74. The smallest absolute Gasteiger partial charge is 0.171 e. The van der Waals surface area contributed by atoms with Gasteiger partial charge in [0.05, 0.1) is 10.1 Å². The highest BCUT2D eigenvalue weighted by molar-refractivity contribution is 8.22. The van der Waals surface area contributed by atoms with E-state index in [1.807, 2.05) is 30.5 Å². The van der Waals surface area contributed by atoms with E-state index in [1.54, 1.807) is 0 Å². The summed E-state index contributed by atoms with van der Waals surface area (Å²) in [5, 5.41) is 0. The number of hydrogen-bond acceptors (Lipinski definition) is 3. The zero-order valence-electron chi connectivity index (χ0n) is 8.53. The van der Waals surface area contributed by atoms with Crippen molar-refractivity contribution in [2.75, 3.05) is 6.26 Å². The molecule has 0 bridgehead atoms. The zero-order valence-corrected chi connectivity index (χ0v) is 10.2. The van der Waals surface area contributed by atoms with Gasteiger partial charge in [0.15, 0.2) is 5.78 Å². The molecule has 0 unspecified atom stereocenters. The Morgan fingerprint density at radius 1 is 1.47 bits per heavy atom. The Hall–Kier alpha value is -0.670. The summed E-state index contributed by atoms with van der Waals surface area (Å²) in [5.41, 5.74) is 2.04. The van der Waals surface area contributed by atoms with Gasteiger partial charge in [-0.1, -0.05) is 36.5 Å². The molecule has 1 aromatic rings. The molecule has 0 aliphatic heterocycles. The van der Waals surface area contributed by atoms with Crippen LogP contribution in [-0.4, -0.2) is 16.2 Å². The Kier molecular flexibility index (Phi) is 3.22. The van der Waals surface area contributed by atoms with Gasteiger partial charge in [0.1, 0.15) is 0 Å². The van der Waals surface area contributed by atoms with Gasteiger partial charge >= 0.3 is 0 Å². The SMILES string of the molecule is CSC(=S)[C@H]1CCc2ccccc2C1=O. The number of aryl methyl sites for hydroxylation is 1. The van der Waals surface area contributed by atoms with E-state index < -0.39 is 0 Å². The summed E-state index contributed by atoms with van der Waals surface area (Å²) in [6, 6.07) is 7.85. The molecular formula is C12H12OS2. The van der Waals surface area contributed by atoms with Crippen molar-refractivity contribution in [3.8, 4) is 0 Å². The summed E-state index contributed by atoms with van der Waals surface area (Å²) in [6.45, 7) is 0. The van der Waals surface area contributed by atoms with E-state index in [0.717, 1.165) is 22.6 Å². The topological polar surface area (TPSA) is 17.1 Å². The molecule has 0 fully saturated rings. The minimum absolute atomic E-state index is 0.0510. The molecule has 0 N–H and O–H groups in total. The monoisotopic (exact) mass is 236 g/mol. The van der Waals surface area contributed by atoms with Gasteiger partial charge in [0.2, 0.25) is 0 Å². The molecule has 0 radical (unpaired) electrons. The Morgan fingerprint density at radius 3 is 2.93 bits per heavy atom. The standard InChI is InChI=1S/C12H12OS2/c1-15-12(14)10-7-6-8-4-2-3-5-9(8)11(10)13/h2-5,10H,6-7H2,1H3/t10-/m0/s1. The van der Waals surface area contributed by atoms with Gasteiger partial charge in [-0.15, -0.1) is 11.8 Å². The Balaban J connectivity index is 2.34. The van der Waals surface area contributed by atoms with Gasteiger partial charge in [0, 0.05) is 5.56 Å². The van der Waals surface area contributed by atoms with Crippen LogP contribution >= 0.6 is 24.0 Å².